The molecule has 0 fully saturated rings. The average Bonchev–Trinajstić information content (AvgIpc) is 2.88. The fourth-order valence-electron chi connectivity index (χ4n) is 5.47. The van der Waals surface area contributed by atoms with E-state index in [1.165, 1.54) is 4.31 Å². The molecule has 0 bridgehead atoms. The number of unbranched alkanes of at least 4 members (excludes halogenated alkanes) is 1. The molecule has 0 saturated carbocycles. The highest BCUT2D eigenvalue weighted by Gasteiger charge is 2.43. The SMILES string of the molecule is CCCC[C@@H]1N(c2ccccc2)c2cc3c(cc2S(=O)(=O)N1C)-c1cc(C(=O)O)ccc1[C@H](C(C)(C)C)O3. The number of benzene rings is 3. The lowest BCUT2D eigenvalue weighted by molar-refractivity contribution is 0.0695. The Morgan fingerprint density at radius 3 is 2.37 bits per heavy atom. The molecule has 2 heterocycles. The molecule has 7 nitrogen and oxygen atoms in total. The second-order valence-corrected chi connectivity index (χ2v) is 13.1. The Morgan fingerprint density at radius 2 is 1.74 bits per heavy atom. The van der Waals surface area contributed by atoms with E-state index in [0.29, 0.717) is 29.0 Å². The number of para-hydroxylation sites is 1. The second kappa shape index (κ2) is 9.43. The number of carboxylic acid groups (broad SMARTS) is 1. The van der Waals surface area contributed by atoms with Crippen LogP contribution in [0.2, 0.25) is 0 Å². The van der Waals surface area contributed by atoms with Gasteiger partial charge in [-0.15, -0.1) is 0 Å². The first-order valence-electron chi connectivity index (χ1n) is 13.0. The van der Waals surface area contributed by atoms with Crippen LogP contribution < -0.4 is 9.64 Å². The summed E-state index contributed by atoms with van der Waals surface area (Å²) >= 11 is 0. The highest BCUT2D eigenvalue weighted by atomic mass is 32.2. The third-order valence-corrected chi connectivity index (χ3v) is 9.33. The minimum atomic E-state index is -3.83. The number of aromatic carboxylic acids is 1. The Labute approximate surface area is 224 Å². The van der Waals surface area contributed by atoms with Crippen molar-refractivity contribution in [3.63, 3.8) is 0 Å². The molecule has 2 atom stereocenters. The predicted molar refractivity (Wildman–Crippen MR) is 149 cm³/mol. The van der Waals surface area contributed by atoms with Crippen molar-refractivity contribution in [1.82, 2.24) is 4.31 Å². The maximum atomic E-state index is 13.9. The van der Waals surface area contributed by atoms with Crippen LogP contribution in [0.3, 0.4) is 0 Å². The van der Waals surface area contributed by atoms with Crippen LogP contribution in [0.1, 0.15) is 69.0 Å². The van der Waals surface area contributed by atoms with Gasteiger partial charge in [-0.3, -0.25) is 0 Å². The smallest absolute Gasteiger partial charge is 0.335 e. The summed E-state index contributed by atoms with van der Waals surface area (Å²) in [5, 5.41) is 9.69. The normalized spacial score (nSPS) is 20.2. The van der Waals surface area contributed by atoms with Gasteiger partial charge in [-0.2, -0.15) is 4.31 Å². The van der Waals surface area contributed by atoms with Gasteiger partial charge in [0.1, 0.15) is 22.9 Å². The maximum Gasteiger partial charge on any atom is 0.335 e. The molecule has 3 aromatic carbocycles. The summed E-state index contributed by atoms with van der Waals surface area (Å²) < 4.78 is 35.9. The van der Waals surface area contributed by atoms with Crippen LogP contribution in [0.5, 0.6) is 5.75 Å². The molecule has 0 amide bonds. The van der Waals surface area contributed by atoms with E-state index in [0.717, 1.165) is 24.1 Å². The van der Waals surface area contributed by atoms with Gasteiger partial charge in [-0.1, -0.05) is 64.8 Å². The quantitative estimate of drug-likeness (QED) is 0.386. The van der Waals surface area contributed by atoms with Crippen LogP contribution >= 0.6 is 0 Å². The number of carboxylic acids is 1. The van der Waals surface area contributed by atoms with Gasteiger partial charge < -0.3 is 14.7 Å². The molecule has 2 aliphatic rings. The molecule has 0 saturated heterocycles. The summed E-state index contributed by atoms with van der Waals surface area (Å²) in [7, 11) is -2.19. The monoisotopic (exact) mass is 534 g/mol. The van der Waals surface area contributed by atoms with Crippen LogP contribution in [-0.2, 0) is 10.0 Å². The van der Waals surface area contributed by atoms with Crippen LogP contribution in [-0.4, -0.2) is 37.0 Å². The molecule has 0 unspecified atom stereocenters. The number of sulfonamides is 1. The molecule has 8 heteroatoms. The van der Waals surface area contributed by atoms with Crippen LogP contribution in [0.25, 0.3) is 11.1 Å². The van der Waals surface area contributed by atoms with Crippen molar-refractivity contribution >= 4 is 27.4 Å². The Kier molecular flexibility index (Phi) is 6.52. The highest BCUT2D eigenvalue weighted by molar-refractivity contribution is 7.89. The third kappa shape index (κ3) is 4.25. The minimum absolute atomic E-state index is 0.146. The number of nitrogens with zero attached hydrogens (tertiary/aromatic N) is 2. The number of ether oxygens (including phenoxy) is 1. The summed E-state index contributed by atoms with van der Waals surface area (Å²) in [5.74, 6) is -0.485. The lowest BCUT2D eigenvalue weighted by atomic mass is 9.79. The number of rotatable bonds is 5. The Hall–Kier alpha value is -3.36. The van der Waals surface area contributed by atoms with E-state index in [1.807, 2.05) is 36.4 Å². The Bertz CT molecular complexity index is 1500. The molecule has 0 aliphatic carbocycles. The molecule has 38 heavy (non-hydrogen) atoms. The van der Waals surface area contributed by atoms with Gasteiger partial charge in [0.2, 0.25) is 10.0 Å². The lowest BCUT2D eigenvalue weighted by Crippen LogP contribution is -2.51. The molecule has 200 valence electrons. The van der Waals surface area contributed by atoms with Gasteiger partial charge in [0.15, 0.2) is 0 Å². The zero-order valence-electron chi connectivity index (χ0n) is 22.4. The number of hydrogen-bond donors (Lipinski definition) is 1. The summed E-state index contributed by atoms with van der Waals surface area (Å²) in [6.07, 6.45) is 1.77. The fourth-order valence-corrected chi connectivity index (χ4v) is 6.99. The molecule has 0 aromatic heterocycles. The van der Waals surface area contributed by atoms with Gasteiger partial charge in [0, 0.05) is 35.3 Å². The van der Waals surface area contributed by atoms with Gasteiger partial charge in [-0.05, 0) is 42.3 Å². The molecule has 5 rings (SSSR count). The average molecular weight is 535 g/mol. The van der Waals surface area contributed by atoms with Crippen molar-refractivity contribution in [2.45, 2.75) is 64.1 Å². The zero-order chi connectivity index (χ0) is 27.4. The van der Waals surface area contributed by atoms with E-state index >= 15 is 0 Å². The summed E-state index contributed by atoms with van der Waals surface area (Å²) in [6.45, 7) is 8.32. The number of anilines is 2. The van der Waals surface area contributed by atoms with E-state index < -0.39 is 16.0 Å². The lowest BCUT2D eigenvalue weighted by Gasteiger charge is -2.45. The first kappa shape index (κ1) is 26.3. The fraction of sp³-hybridized carbons (Fsp3) is 0.367. The standard InChI is InChI=1S/C30H34N2O5S/c1-6-7-13-27-31(5)38(35,36)26-17-23-22-16-19(29(33)34)14-15-21(22)28(30(2,3)4)37-25(23)18-24(26)32(27)20-11-9-8-10-12-20/h8-12,14-18,27-28H,6-7,13H2,1-5H3,(H,33,34)/t27-,28+/m0/s1. The predicted octanol–water partition coefficient (Wildman–Crippen LogP) is 6.82. The molecule has 0 spiro atoms. The molecular weight excluding hydrogens is 500 g/mol. The van der Waals surface area contributed by atoms with Crippen LogP contribution in [0, 0.1) is 5.41 Å². The van der Waals surface area contributed by atoms with E-state index in [1.54, 1.807) is 31.3 Å². The number of carbonyl (C=O) groups is 1. The summed E-state index contributed by atoms with van der Waals surface area (Å²) in [6, 6.07) is 18.3. The summed E-state index contributed by atoms with van der Waals surface area (Å²) in [4.78, 5) is 14.1. The Morgan fingerprint density at radius 1 is 1.03 bits per heavy atom. The van der Waals surface area contributed by atoms with Gasteiger partial charge >= 0.3 is 5.97 Å². The summed E-state index contributed by atoms with van der Waals surface area (Å²) in [5.41, 5.74) is 3.44. The largest absolute Gasteiger partial charge is 0.484 e. The number of fused-ring (bicyclic) bond motifs is 4. The molecule has 1 N–H and O–H groups in total. The molecular formula is C30H34N2O5S. The number of hydrogen-bond acceptors (Lipinski definition) is 5. The first-order valence-corrected chi connectivity index (χ1v) is 14.4. The highest BCUT2D eigenvalue weighted by Crippen LogP contribution is 2.53. The second-order valence-electron chi connectivity index (χ2n) is 11.1. The van der Waals surface area contributed by atoms with Crippen molar-refractivity contribution in [3.8, 4) is 16.9 Å². The van der Waals surface area contributed by atoms with Crippen molar-refractivity contribution in [3.05, 3.63) is 71.8 Å². The van der Waals surface area contributed by atoms with Crippen molar-refractivity contribution < 1.29 is 23.1 Å². The van der Waals surface area contributed by atoms with E-state index in [9.17, 15) is 18.3 Å². The van der Waals surface area contributed by atoms with Gasteiger partial charge in [0.25, 0.3) is 0 Å². The van der Waals surface area contributed by atoms with E-state index in [2.05, 4.69) is 32.6 Å². The third-order valence-electron chi connectivity index (χ3n) is 7.45. The first-order chi connectivity index (χ1) is 17.9. The van der Waals surface area contributed by atoms with Crippen molar-refractivity contribution in [2.75, 3.05) is 11.9 Å². The Balaban J connectivity index is 1.79. The van der Waals surface area contributed by atoms with Gasteiger partial charge in [-0.25, -0.2) is 13.2 Å². The van der Waals surface area contributed by atoms with E-state index in [-0.39, 0.29) is 28.1 Å². The van der Waals surface area contributed by atoms with Crippen LogP contribution in [0.15, 0.2) is 65.6 Å². The minimum Gasteiger partial charge on any atom is -0.484 e. The van der Waals surface area contributed by atoms with Crippen LogP contribution in [0.4, 0.5) is 11.4 Å². The molecule has 0 radical (unpaired) electrons. The van der Waals surface area contributed by atoms with Gasteiger partial charge in [0.05, 0.1) is 11.3 Å². The van der Waals surface area contributed by atoms with Crippen molar-refractivity contribution in [2.24, 2.45) is 5.41 Å². The van der Waals surface area contributed by atoms with E-state index in [4.69, 9.17) is 4.74 Å². The zero-order valence-corrected chi connectivity index (χ0v) is 23.2. The molecule has 3 aromatic rings. The maximum absolute atomic E-state index is 13.9. The molecule has 2 aliphatic heterocycles. The van der Waals surface area contributed by atoms with Crippen molar-refractivity contribution in [1.29, 1.82) is 0 Å². The topological polar surface area (TPSA) is 87.2 Å².